The van der Waals surface area contributed by atoms with Gasteiger partial charge < -0.3 is 21.1 Å². The molecule has 0 aromatic heterocycles. The highest BCUT2D eigenvalue weighted by molar-refractivity contribution is 5.95. The summed E-state index contributed by atoms with van der Waals surface area (Å²) >= 11 is 0. The fraction of sp³-hybridized carbons (Fsp3) is 0.500. The Bertz CT molecular complexity index is 419. The van der Waals surface area contributed by atoms with Crippen molar-refractivity contribution in [3.05, 3.63) is 23.8 Å². The molecule has 5 heteroatoms. The van der Waals surface area contributed by atoms with Gasteiger partial charge in [-0.1, -0.05) is 0 Å². The zero-order valence-corrected chi connectivity index (χ0v) is 11.6. The number of benzene rings is 1. The van der Waals surface area contributed by atoms with Crippen LogP contribution in [0.3, 0.4) is 0 Å². The monoisotopic (exact) mass is 265 g/mol. The van der Waals surface area contributed by atoms with Crippen molar-refractivity contribution in [3.63, 3.8) is 0 Å². The number of nitrogen functional groups attached to an aromatic ring is 1. The molecule has 0 bridgehead atoms. The number of carbonyl (C=O) groups is 1. The van der Waals surface area contributed by atoms with E-state index in [-0.39, 0.29) is 12.5 Å². The Kier molecular flexibility index (Phi) is 6.15. The third-order valence-corrected chi connectivity index (χ3v) is 2.86. The molecule has 1 aromatic rings. The highest BCUT2D eigenvalue weighted by Gasteiger charge is 2.09. The minimum Gasteiger partial charge on any atom is -0.397 e. The number of aliphatic hydroxyl groups is 1. The molecule has 0 saturated heterocycles. The summed E-state index contributed by atoms with van der Waals surface area (Å²) in [5, 5.41) is 11.9. The molecule has 0 heterocycles. The Morgan fingerprint density at radius 1 is 1.32 bits per heavy atom. The first kappa shape index (κ1) is 15.3. The summed E-state index contributed by atoms with van der Waals surface area (Å²) in [6.45, 7) is 1.05. The molecule has 0 unspecified atom stereocenters. The van der Waals surface area contributed by atoms with Gasteiger partial charge in [-0.05, 0) is 37.5 Å². The third-order valence-electron chi connectivity index (χ3n) is 2.86. The van der Waals surface area contributed by atoms with E-state index in [4.69, 9.17) is 10.8 Å². The lowest BCUT2D eigenvalue weighted by Gasteiger charge is -2.13. The Balaban J connectivity index is 2.55. The predicted octanol–water partition coefficient (Wildman–Crippen LogP) is 1.55. The second-order valence-corrected chi connectivity index (χ2v) is 4.71. The van der Waals surface area contributed by atoms with Crippen molar-refractivity contribution < 1.29 is 9.90 Å². The molecule has 0 aliphatic heterocycles. The normalized spacial score (nSPS) is 10.3. The van der Waals surface area contributed by atoms with Crippen LogP contribution in [0.1, 0.15) is 29.6 Å². The van der Waals surface area contributed by atoms with E-state index in [1.54, 1.807) is 26.2 Å². The summed E-state index contributed by atoms with van der Waals surface area (Å²) in [6.07, 6.45) is 2.80. The first-order chi connectivity index (χ1) is 9.06. The van der Waals surface area contributed by atoms with Crippen LogP contribution in [-0.2, 0) is 0 Å². The van der Waals surface area contributed by atoms with Crippen LogP contribution in [0, 0.1) is 0 Å². The second-order valence-electron chi connectivity index (χ2n) is 4.71. The fourth-order valence-electron chi connectivity index (χ4n) is 1.75. The van der Waals surface area contributed by atoms with Crippen molar-refractivity contribution in [2.75, 3.05) is 38.3 Å². The molecule has 0 radical (unpaired) electrons. The highest BCUT2D eigenvalue weighted by Crippen LogP contribution is 2.20. The average molecular weight is 265 g/mol. The topological polar surface area (TPSA) is 78.6 Å². The molecule has 1 rings (SSSR count). The van der Waals surface area contributed by atoms with E-state index in [0.717, 1.165) is 31.5 Å². The van der Waals surface area contributed by atoms with Gasteiger partial charge in [0.05, 0.1) is 11.4 Å². The summed E-state index contributed by atoms with van der Waals surface area (Å²) in [5.41, 5.74) is 7.94. The molecule has 0 aliphatic carbocycles. The summed E-state index contributed by atoms with van der Waals surface area (Å²) in [6, 6.07) is 5.30. The first-order valence-corrected chi connectivity index (χ1v) is 6.52. The Labute approximate surface area is 114 Å². The summed E-state index contributed by atoms with van der Waals surface area (Å²) in [5.74, 6) is -0.0544. The lowest BCUT2D eigenvalue weighted by Crippen LogP contribution is -2.21. The highest BCUT2D eigenvalue weighted by atomic mass is 16.2. The molecule has 19 heavy (non-hydrogen) atoms. The maximum atomic E-state index is 11.8. The number of carbonyl (C=O) groups excluding carboxylic acids is 1. The molecular weight excluding hydrogens is 242 g/mol. The Morgan fingerprint density at radius 3 is 2.63 bits per heavy atom. The number of amides is 1. The second kappa shape index (κ2) is 7.63. The summed E-state index contributed by atoms with van der Waals surface area (Å²) in [4.78, 5) is 13.3. The summed E-state index contributed by atoms with van der Waals surface area (Å²) < 4.78 is 0. The smallest absolute Gasteiger partial charge is 0.253 e. The molecule has 0 saturated carbocycles. The average Bonchev–Trinajstić information content (AvgIpc) is 2.39. The van der Waals surface area contributed by atoms with Crippen LogP contribution in [0.25, 0.3) is 0 Å². The van der Waals surface area contributed by atoms with Crippen LogP contribution in [-0.4, -0.2) is 43.2 Å². The Morgan fingerprint density at radius 2 is 2.05 bits per heavy atom. The lowest BCUT2D eigenvalue weighted by atomic mass is 10.1. The molecule has 5 nitrogen and oxygen atoms in total. The number of nitrogens with two attached hydrogens (primary N) is 1. The van der Waals surface area contributed by atoms with Crippen LogP contribution in [0.4, 0.5) is 11.4 Å². The van der Waals surface area contributed by atoms with Gasteiger partial charge in [-0.3, -0.25) is 4.79 Å². The van der Waals surface area contributed by atoms with Crippen LogP contribution < -0.4 is 11.1 Å². The van der Waals surface area contributed by atoms with Crippen LogP contribution in [0.2, 0.25) is 0 Å². The number of hydrogen-bond donors (Lipinski definition) is 3. The van der Waals surface area contributed by atoms with E-state index in [0.29, 0.717) is 11.3 Å². The van der Waals surface area contributed by atoms with E-state index in [9.17, 15) is 4.79 Å². The molecule has 0 atom stereocenters. The summed E-state index contributed by atoms with van der Waals surface area (Å²) in [7, 11) is 3.43. The molecule has 4 N–H and O–H groups in total. The van der Waals surface area contributed by atoms with Crippen LogP contribution in [0.15, 0.2) is 18.2 Å². The molecule has 106 valence electrons. The SMILES string of the molecule is CN(C)C(=O)c1ccc(NCCCCCO)c(N)c1. The first-order valence-electron chi connectivity index (χ1n) is 6.52. The Hall–Kier alpha value is -1.75. The van der Waals surface area contributed by atoms with Crippen molar-refractivity contribution in [1.29, 1.82) is 0 Å². The standard InChI is InChI=1S/C14H23N3O2/c1-17(2)14(19)11-6-7-13(12(15)10-11)16-8-4-3-5-9-18/h6-7,10,16,18H,3-5,8-9,15H2,1-2H3. The number of hydrogen-bond acceptors (Lipinski definition) is 4. The third kappa shape index (κ3) is 4.79. The molecule has 0 fully saturated rings. The van der Waals surface area contributed by atoms with E-state index in [2.05, 4.69) is 5.32 Å². The van der Waals surface area contributed by atoms with Gasteiger partial charge in [0.1, 0.15) is 0 Å². The number of unbranched alkanes of at least 4 members (excludes halogenated alkanes) is 2. The van der Waals surface area contributed by atoms with Crippen LogP contribution >= 0.6 is 0 Å². The van der Waals surface area contributed by atoms with Gasteiger partial charge >= 0.3 is 0 Å². The van der Waals surface area contributed by atoms with Crippen molar-refractivity contribution in [3.8, 4) is 0 Å². The number of nitrogens with zero attached hydrogens (tertiary/aromatic N) is 1. The van der Waals surface area contributed by atoms with E-state index >= 15 is 0 Å². The van der Waals surface area contributed by atoms with E-state index in [1.807, 2.05) is 6.07 Å². The van der Waals surface area contributed by atoms with Gasteiger partial charge in [-0.15, -0.1) is 0 Å². The molecule has 0 spiro atoms. The quantitative estimate of drug-likeness (QED) is 0.516. The van der Waals surface area contributed by atoms with Crippen LogP contribution in [0.5, 0.6) is 0 Å². The minimum atomic E-state index is -0.0544. The fourth-order valence-corrected chi connectivity index (χ4v) is 1.75. The number of nitrogens with one attached hydrogen (secondary N) is 1. The lowest BCUT2D eigenvalue weighted by molar-refractivity contribution is 0.0827. The molecule has 0 aliphatic rings. The maximum absolute atomic E-state index is 11.8. The minimum absolute atomic E-state index is 0.0544. The van der Waals surface area contributed by atoms with Gasteiger partial charge in [0.2, 0.25) is 0 Å². The predicted molar refractivity (Wildman–Crippen MR) is 78.3 cm³/mol. The molecule has 1 amide bonds. The largest absolute Gasteiger partial charge is 0.397 e. The zero-order valence-electron chi connectivity index (χ0n) is 11.6. The molecule has 1 aromatic carbocycles. The number of rotatable bonds is 7. The van der Waals surface area contributed by atoms with Crippen molar-refractivity contribution in [2.45, 2.75) is 19.3 Å². The molecular formula is C14H23N3O2. The van der Waals surface area contributed by atoms with Gasteiger partial charge in [-0.25, -0.2) is 0 Å². The van der Waals surface area contributed by atoms with Gasteiger partial charge in [0, 0.05) is 32.8 Å². The van der Waals surface area contributed by atoms with Gasteiger partial charge in [-0.2, -0.15) is 0 Å². The van der Waals surface area contributed by atoms with Crippen molar-refractivity contribution >= 4 is 17.3 Å². The zero-order chi connectivity index (χ0) is 14.3. The maximum Gasteiger partial charge on any atom is 0.253 e. The van der Waals surface area contributed by atoms with Crippen molar-refractivity contribution in [1.82, 2.24) is 4.90 Å². The van der Waals surface area contributed by atoms with Gasteiger partial charge in [0.15, 0.2) is 0 Å². The number of aliphatic hydroxyl groups excluding tert-OH is 1. The number of anilines is 2. The van der Waals surface area contributed by atoms with E-state index < -0.39 is 0 Å². The van der Waals surface area contributed by atoms with Gasteiger partial charge in [0.25, 0.3) is 5.91 Å². The van der Waals surface area contributed by atoms with E-state index in [1.165, 1.54) is 4.90 Å². The van der Waals surface area contributed by atoms with Crippen molar-refractivity contribution in [2.24, 2.45) is 0 Å².